The molecule has 240 valence electrons. The topological polar surface area (TPSA) is 63.6 Å². The predicted octanol–water partition coefficient (Wildman–Crippen LogP) is 9.22. The van der Waals surface area contributed by atoms with E-state index in [1.165, 1.54) is 43.1 Å². The van der Waals surface area contributed by atoms with Crippen LogP contribution in [0.25, 0.3) is 5.57 Å². The maximum Gasteiger partial charge on any atom is 0.337 e. The number of esters is 1. The van der Waals surface area contributed by atoms with Gasteiger partial charge in [0.2, 0.25) is 0 Å². The molecular formula is C40H56O4. The second-order valence-corrected chi connectivity index (χ2v) is 17.2. The Morgan fingerprint density at radius 2 is 1.61 bits per heavy atom. The lowest BCUT2D eigenvalue weighted by atomic mass is 9.30. The van der Waals surface area contributed by atoms with Crippen molar-refractivity contribution in [2.24, 2.45) is 50.2 Å². The Bertz CT molecular complexity index is 1430. The van der Waals surface area contributed by atoms with Crippen molar-refractivity contribution >= 4 is 17.3 Å². The first-order chi connectivity index (χ1) is 20.6. The van der Waals surface area contributed by atoms with Crippen molar-refractivity contribution in [3.8, 4) is 0 Å². The van der Waals surface area contributed by atoms with Crippen LogP contribution in [0, 0.1) is 50.2 Å². The summed E-state index contributed by atoms with van der Waals surface area (Å²) in [6.45, 7) is 19.9. The van der Waals surface area contributed by atoms with Gasteiger partial charge < -0.3 is 9.84 Å². The molecule has 0 aromatic heterocycles. The van der Waals surface area contributed by atoms with E-state index in [1.807, 2.05) is 12.1 Å². The van der Waals surface area contributed by atoms with Gasteiger partial charge in [-0.2, -0.15) is 0 Å². The van der Waals surface area contributed by atoms with Gasteiger partial charge in [0, 0.05) is 18.4 Å². The number of benzene rings is 1. The van der Waals surface area contributed by atoms with Crippen LogP contribution >= 0.6 is 0 Å². The molecule has 3 saturated carbocycles. The van der Waals surface area contributed by atoms with Crippen molar-refractivity contribution in [2.45, 2.75) is 113 Å². The molecule has 1 aromatic carbocycles. The van der Waals surface area contributed by atoms with Gasteiger partial charge in [-0.1, -0.05) is 73.6 Å². The molecule has 0 heterocycles. The predicted molar refractivity (Wildman–Crippen MR) is 177 cm³/mol. The molecule has 0 aliphatic heterocycles. The third kappa shape index (κ3) is 3.91. The maximum absolute atomic E-state index is 13.7. The SMILES string of the molecule is COC(=O)c1ccc(C2=CC[C@]3(C)[C@H]4CC[C@]5(C)C6=C(C(C)C)C(=O)C[C@]6(CCO)CC[C@@]5(C)[C@]4(C)CC[C@H]3C2(C)C)cc1. The number of fused-ring (bicyclic) bond motifs is 7. The zero-order valence-corrected chi connectivity index (χ0v) is 28.9. The molecule has 5 aliphatic carbocycles. The molecule has 44 heavy (non-hydrogen) atoms. The summed E-state index contributed by atoms with van der Waals surface area (Å²) in [7, 11) is 1.43. The minimum atomic E-state index is -0.292. The van der Waals surface area contributed by atoms with Crippen molar-refractivity contribution in [1.82, 2.24) is 0 Å². The first-order valence-electron chi connectivity index (χ1n) is 17.3. The summed E-state index contributed by atoms with van der Waals surface area (Å²) in [4.78, 5) is 25.8. The number of ether oxygens (including phenoxy) is 1. The van der Waals surface area contributed by atoms with Gasteiger partial charge in [-0.25, -0.2) is 4.79 Å². The van der Waals surface area contributed by atoms with Crippen LogP contribution in [0.3, 0.4) is 0 Å². The fourth-order valence-electron chi connectivity index (χ4n) is 12.8. The summed E-state index contributed by atoms with van der Waals surface area (Å²) in [6.07, 6.45) is 11.8. The molecule has 1 N–H and O–H groups in total. The van der Waals surface area contributed by atoms with E-state index in [0.717, 1.165) is 37.7 Å². The van der Waals surface area contributed by atoms with Crippen LogP contribution in [-0.2, 0) is 9.53 Å². The summed E-state index contributed by atoms with van der Waals surface area (Å²) in [5.74, 6) is 1.46. The first-order valence-corrected chi connectivity index (χ1v) is 17.3. The van der Waals surface area contributed by atoms with E-state index in [9.17, 15) is 14.7 Å². The van der Waals surface area contributed by atoms with Crippen molar-refractivity contribution in [1.29, 1.82) is 0 Å². The van der Waals surface area contributed by atoms with E-state index in [4.69, 9.17) is 4.74 Å². The average molecular weight is 601 g/mol. The van der Waals surface area contributed by atoms with E-state index in [0.29, 0.717) is 29.6 Å². The Kier molecular flexibility index (Phi) is 7.33. The normalized spacial score (nSPS) is 41.0. The van der Waals surface area contributed by atoms with Gasteiger partial charge in [0.25, 0.3) is 0 Å². The number of carbonyl (C=O) groups excluding carboxylic acids is 2. The molecule has 0 bridgehead atoms. The van der Waals surface area contributed by atoms with Crippen LogP contribution in [0.5, 0.6) is 0 Å². The van der Waals surface area contributed by atoms with Gasteiger partial charge in [0.1, 0.15) is 0 Å². The van der Waals surface area contributed by atoms with Gasteiger partial charge in [-0.05, 0) is 131 Å². The summed E-state index contributed by atoms with van der Waals surface area (Å²) in [5.41, 5.74) is 6.06. The first kappa shape index (κ1) is 31.8. The van der Waals surface area contributed by atoms with Crippen LogP contribution in [0.15, 0.2) is 41.5 Å². The van der Waals surface area contributed by atoms with Gasteiger partial charge in [-0.3, -0.25) is 4.79 Å². The zero-order chi connectivity index (χ0) is 32.1. The smallest absolute Gasteiger partial charge is 0.337 e. The molecule has 4 heteroatoms. The number of carbonyl (C=O) groups is 2. The third-order valence-electron chi connectivity index (χ3n) is 15.1. The molecule has 0 unspecified atom stereocenters. The highest BCUT2D eigenvalue weighted by Crippen LogP contribution is 2.80. The van der Waals surface area contributed by atoms with Gasteiger partial charge in [-0.15, -0.1) is 0 Å². The van der Waals surface area contributed by atoms with E-state index >= 15 is 0 Å². The van der Waals surface area contributed by atoms with E-state index in [1.54, 1.807) is 0 Å². The highest BCUT2D eigenvalue weighted by molar-refractivity contribution is 6.01. The Morgan fingerprint density at radius 1 is 0.955 bits per heavy atom. The molecule has 4 nitrogen and oxygen atoms in total. The molecule has 3 fully saturated rings. The molecule has 5 aliphatic rings. The van der Waals surface area contributed by atoms with Crippen molar-refractivity contribution in [2.75, 3.05) is 13.7 Å². The van der Waals surface area contributed by atoms with Crippen molar-refractivity contribution in [3.63, 3.8) is 0 Å². The van der Waals surface area contributed by atoms with Crippen LogP contribution in [0.4, 0.5) is 0 Å². The monoisotopic (exact) mass is 600 g/mol. The number of ketones is 1. The van der Waals surface area contributed by atoms with E-state index < -0.39 is 0 Å². The minimum Gasteiger partial charge on any atom is -0.465 e. The number of hydrogen-bond acceptors (Lipinski definition) is 4. The van der Waals surface area contributed by atoms with Crippen LogP contribution in [-0.4, -0.2) is 30.6 Å². The zero-order valence-electron chi connectivity index (χ0n) is 28.9. The molecule has 0 radical (unpaired) electrons. The van der Waals surface area contributed by atoms with E-state index in [2.05, 4.69) is 73.6 Å². The Balaban J connectivity index is 1.41. The molecule has 1 aromatic rings. The average Bonchev–Trinajstić information content (AvgIpc) is 3.27. The number of aliphatic hydroxyl groups excluding tert-OH is 1. The van der Waals surface area contributed by atoms with Crippen LogP contribution < -0.4 is 0 Å². The largest absolute Gasteiger partial charge is 0.465 e. The minimum absolute atomic E-state index is 0.0107. The highest BCUT2D eigenvalue weighted by Gasteiger charge is 2.72. The molecule has 0 saturated heterocycles. The third-order valence-corrected chi connectivity index (χ3v) is 15.1. The van der Waals surface area contributed by atoms with Crippen molar-refractivity contribution < 1.29 is 19.4 Å². The summed E-state index contributed by atoms with van der Waals surface area (Å²) < 4.78 is 4.94. The highest BCUT2D eigenvalue weighted by atomic mass is 16.5. The summed E-state index contributed by atoms with van der Waals surface area (Å²) in [5, 5.41) is 10.3. The molecule has 6 rings (SSSR count). The second-order valence-electron chi connectivity index (χ2n) is 17.2. The summed E-state index contributed by atoms with van der Waals surface area (Å²) in [6, 6.07) is 8.01. The Labute approximate surface area is 266 Å². The molecule has 7 atom stereocenters. The van der Waals surface area contributed by atoms with E-state index in [-0.39, 0.29) is 51.0 Å². The standard InChI is InChI=1S/C40H56O4/c1-25(2)32-29(42)24-40(22-23-41)21-20-39(8)37(6)18-15-30-35(3,4)28(26-10-12-27(13-11-26)34(43)44-9)14-17-36(30,5)31(37)16-19-38(39,7)33(32)40/h10-14,25,30-31,41H,15-24H2,1-9H3/t30-,31+,36-,37+,38+,39-,40+/m0/s1. The molecule has 0 spiro atoms. The molecule has 0 amide bonds. The lowest BCUT2D eigenvalue weighted by Crippen LogP contribution is -2.67. The lowest BCUT2D eigenvalue weighted by Gasteiger charge is -2.74. The lowest BCUT2D eigenvalue weighted by molar-refractivity contribution is -0.223. The second kappa shape index (κ2) is 10.1. The number of aliphatic hydroxyl groups is 1. The fourth-order valence-corrected chi connectivity index (χ4v) is 12.8. The number of rotatable bonds is 5. The quantitative estimate of drug-likeness (QED) is 0.342. The van der Waals surface area contributed by atoms with Gasteiger partial charge >= 0.3 is 5.97 Å². The van der Waals surface area contributed by atoms with Gasteiger partial charge in [0.15, 0.2) is 5.78 Å². The Hall–Kier alpha value is -2.20. The number of hydrogen-bond donors (Lipinski definition) is 1. The summed E-state index contributed by atoms with van der Waals surface area (Å²) >= 11 is 0. The van der Waals surface area contributed by atoms with Gasteiger partial charge in [0.05, 0.1) is 12.7 Å². The van der Waals surface area contributed by atoms with Crippen LogP contribution in [0.1, 0.15) is 129 Å². The number of Topliss-reactive ketones (excluding diaryl/α,β-unsaturated/α-hetero) is 1. The van der Waals surface area contributed by atoms with Crippen LogP contribution in [0.2, 0.25) is 0 Å². The Morgan fingerprint density at radius 3 is 2.23 bits per heavy atom. The maximum atomic E-state index is 13.7. The number of methoxy groups -OCH3 is 1. The fraction of sp³-hybridized carbons (Fsp3) is 0.700. The number of allylic oxidation sites excluding steroid dienone is 4. The van der Waals surface area contributed by atoms with Crippen molar-refractivity contribution in [3.05, 3.63) is 52.6 Å². The molecular weight excluding hydrogens is 544 g/mol.